The zero-order valence-corrected chi connectivity index (χ0v) is 9.10. The van der Waals surface area contributed by atoms with Crippen LogP contribution in [0, 0.1) is 0 Å². The standard InChI is InChI=1S/C8H15NO4.ClH/c1-3-4-5-13-8(12)9-6(2)7(10)11;/h6H,3-5H2,1-2H3,(H,9,12)(H,10,11);1H. The van der Waals surface area contributed by atoms with Gasteiger partial charge in [0.05, 0.1) is 6.61 Å². The Balaban J connectivity index is 0. The van der Waals surface area contributed by atoms with Gasteiger partial charge in [-0.1, -0.05) is 13.3 Å². The highest BCUT2D eigenvalue weighted by atomic mass is 35.5. The molecule has 0 spiro atoms. The molecule has 0 aliphatic carbocycles. The molecule has 84 valence electrons. The van der Waals surface area contributed by atoms with E-state index < -0.39 is 18.1 Å². The minimum absolute atomic E-state index is 0. The summed E-state index contributed by atoms with van der Waals surface area (Å²) in [4.78, 5) is 21.1. The molecule has 0 aliphatic rings. The number of nitrogens with one attached hydrogen (secondary N) is 1. The number of carbonyl (C=O) groups is 2. The zero-order chi connectivity index (χ0) is 10.3. The van der Waals surface area contributed by atoms with Crippen LogP contribution in [-0.2, 0) is 9.53 Å². The van der Waals surface area contributed by atoms with Gasteiger partial charge in [0.15, 0.2) is 0 Å². The fourth-order valence-corrected chi connectivity index (χ4v) is 0.589. The minimum Gasteiger partial charge on any atom is -0.480 e. The lowest BCUT2D eigenvalue weighted by Crippen LogP contribution is -2.38. The van der Waals surface area contributed by atoms with E-state index in [9.17, 15) is 9.59 Å². The Bertz CT molecular complexity index is 186. The van der Waals surface area contributed by atoms with Gasteiger partial charge in [0.25, 0.3) is 0 Å². The van der Waals surface area contributed by atoms with Crippen molar-refractivity contribution in [1.82, 2.24) is 5.32 Å². The molecule has 14 heavy (non-hydrogen) atoms. The van der Waals surface area contributed by atoms with Gasteiger partial charge in [-0.2, -0.15) is 0 Å². The highest BCUT2D eigenvalue weighted by Crippen LogP contribution is 1.89. The van der Waals surface area contributed by atoms with Crippen molar-refractivity contribution >= 4 is 24.5 Å². The Morgan fingerprint density at radius 2 is 2.07 bits per heavy atom. The van der Waals surface area contributed by atoms with Crippen LogP contribution in [0.15, 0.2) is 0 Å². The van der Waals surface area contributed by atoms with E-state index in [2.05, 4.69) is 10.1 Å². The van der Waals surface area contributed by atoms with Crippen LogP contribution in [0.3, 0.4) is 0 Å². The maximum atomic E-state index is 10.8. The quantitative estimate of drug-likeness (QED) is 0.694. The number of amides is 1. The van der Waals surface area contributed by atoms with Gasteiger partial charge in [0.1, 0.15) is 6.04 Å². The van der Waals surface area contributed by atoms with E-state index in [1.165, 1.54) is 6.92 Å². The average molecular weight is 226 g/mol. The second-order valence-corrected chi connectivity index (χ2v) is 2.69. The van der Waals surface area contributed by atoms with Gasteiger partial charge in [-0.3, -0.25) is 4.79 Å². The third kappa shape index (κ3) is 7.67. The fourth-order valence-electron chi connectivity index (χ4n) is 0.589. The molecule has 0 saturated carbocycles. The van der Waals surface area contributed by atoms with Crippen LogP contribution in [0.2, 0.25) is 0 Å². The first-order valence-corrected chi connectivity index (χ1v) is 4.24. The Morgan fingerprint density at radius 1 is 1.50 bits per heavy atom. The fraction of sp³-hybridized carbons (Fsp3) is 0.750. The van der Waals surface area contributed by atoms with Gasteiger partial charge in [-0.15, -0.1) is 12.4 Å². The Kier molecular flexibility index (Phi) is 9.54. The molecule has 1 amide bonds. The van der Waals surface area contributed by atoms with Crippen LogP contribution in [0.4, 0.5) is 4.79 Å². The summed E-state index contributed by atoms with van der Waals surface area (Å²) in [6, 6.07) is -0.908. The molecule has 0 aromatic heterocycles. The summed E-state index contributed by atoms with van der Waals surface area (Å²) >= 11 is 0. The minimum atomic E-state index is -1.08. The van der Waals surface area contributed by atoms with E-state index >= 15 is 0 Å². The van der Waals surface area contributed by atoms with Gasteiger partial charge in [-0.25, -0.2) is 4.79 Å². The molecule has 2 N–H and O–H groups in total. The van der Waals surface area contributed by atoms with E-state index in [1.54, 1.807) is 0 Å². The molecule has 1 atom stereocenters. The predicted molar refractivity (Wildman–Crippen MR) is 53.7 cm³/mol. The molecule has 1 unspecified atom stereocenters. The molecule has 0 saturated heterocycles. The van der Waals surface area contributed by atoms with Crippen molar-refractivity contribution in [3.63, 3.8) is 0 Å². The van der Waals surface area contributed by atoms with Gasteiger partial charge >= 0.3 is 12.1 Å². The van der Waals surface area contributed by atoms with Crippen LogP contribution in [0.5, 0.6) is 0 Å². The number of ether oxygens (including phenoxy) is 1. The second kappa shape index (κ2) is 8.62. The third-order valence-corrected chi connectivity index (χ3v) is 1.44. The van der Waals surface area contributed by atoms with Gasteiger partial charge in [0.2, 0.25) is 0 Å². The van der Waals surface area contributed by atoms with Crippen molar-refractivity contribution in [3.8, 4) is 0 Å². The average Bonchev–Trinajstić information content (AvgIpc) is 2.04. The lowest BCUT2D eigenvalue weighted by molar-refractivity contribution is -0.138. The number of hydrogen-bond donors (Lipinski definition) is 2. The number of alkyl carbamates (subject to hydrolysis) is 1. The topological polar surface area (TPSA) is 75.6 Å². The molecule has 0 aromatic rings. The molecule has 0 heterocycles. The molecule has 0 aliphatic heterocycles. The summed E-state index contributed by atoms with van der Waals surface area (Å²) in [5.74, 6) is -1.08. The number of halogens is 1. The van der Waals surface area contributed by atoms with Crippen molar-refractivity contribution in [3.05, 3.63) is 0 Å². The van der Waals surface area contributed by atoms with Crippen LogP contribution in [0.1, 0.15) is 26.7 Å². The van der Waals surface area contributed by atoms with Crippen molar-refractivity contribution < 1.29 is 19.4 Å². The molecule has 0 aromatic carbocycles. The molecular formula is C8H16ClNO4. The van der Waals surface area contributed by atoms with Gasteiger partial charge in [-0.05, 0) is 13.3 Å². The lowest BCUT2D eigenvalue weighted by Gasteiger charge is -2.09. The third-order valence-electron chi connectivity index (χ3n) is 1.44. The van der Waals surface area contributed by atoms with E-state index in [4.69, 9.17) is 5.11 Å². The van der Waals surface area contributed by atoms with E-state index in [0.717, 1.165) is 12.8 Å². The maximum Gasteiger partial charge on any atom is 0.407 e. The predicted octanol–water partition coefficient (Wildman–Crippen LogP) is 1.41. The summed E-state index contributed by atoms with van der Waals surface area (Å²) in [5, 5.41) is 10.6. The SMILES string of the molecule is CCCCOC(=O)NC(C)C(=O)O.Cl. The normalized spacial score (nSPS) is 11.0. The second-order valence-electron chi connectivity index (χ2n) is 2.69. The zero-order valence-electron chi connectivity index (χ0n) is 8.28. The smallest absolute Gasteiger partial charge is 0.407 e. The first-order valence-electron chi connectivity index (χ1n) is 4.24. The first-order chi connectivity index (χ1) is 6.07. The van der Waals surface area contributed by atoms with Crippen LogP contribution in [0.25, 0.3) is 0 Å². The van der Waals surface area contributed by atoms with E-state index in [0.29, 0.717) is 6.61 Å². The Labute approximate surface area is 89.2 Å². The van der Waals surface area contributed by atoms with Crippen molar-refractivity contribution in [2.24, 2.45) is 0 Å². The number of aliphatic carboxylic acids is 1. The summed E-state index contributed by atoms with van der Waals surface area (Å²) in [5.41, 5.74) is 0. The number of carbonyl (C=O) groups excluding carboxylic acids is 1. The van der Waals surface area contributed by atoms with Crippen molar-refractivity contribution in [2.45, 2.75) is 32.7 Å². The highest BCUT2D eigenvalue weighted by molar-refractivity contribution is 5.85. The Morgan fingerprint density at radius 3 is 2.50 bits per heavy atom. The van der Waals surface area contributed by atoms with Crippen molar-refractivity contribution in [1.29, 1.82) is 0 Å². The number of carboxylic acid groups (broad SMARTS) is 1. The molecule has 5 nitrogen and oxygen atoms in total. The van der Waals surface area contributed by atoms with Gasteiger partial charge < -0.3 is 15.2 Å². The summed E-state index contributed by atoms with van der Waals surface area (Å²) in [6.07, 6.45) is 1.04. The molecule has 0 fully saturated rings. The summed E-state index contributed by atoms with van der Waals surface area (Å²) in [6.45, 7) is 3.68. The van der Waals surface area contributed by atoms with Crippen molar-refractivity contribution in [2.75, 3.05) is 6.61 Å². The number of carboxylic acids is 1. The number of unbranched alkanes of at least 4 members (excludes halogenated alkanes) is 1. The highest BCUT2D eigenvalue weighted by Gasteiger charge is 2.13. The van der Waals surface area contributed by atoms with E-state index in [1.807, 2.05) is 6.92 Å². The van der Waals surface area contributed by atoms with E-state index in [-0.39, 0.29) is 12.4 Å². The lowest BCUT2D eigenvalue weighted by atomic mass is 10.3. The molecule has 0 rings (SSSR count). The monoisotopic (exact) mass is 225 g/mol. The largest absolute Gasteiger partial charge is 0.480 e. The molecule has 0 bridgehead atoms. The molecule has 0 radical (unpaired) electrons. The number of hydrogen-bond acceptors (Lipinski definition) is 3. The summed E-state index contributed by atoms with van der Waals surface area (Å²) in [7, 11) is 0. The van der Waals surface area contributed by atoms with Crippen LogP contribution >= 0.6 is 12.4 Å². The molecule has 6 heteroatoms. The van der Waals surface area contributed by atoms with Crippen LogP contribution < -0.4 is 5.32 Å². The maximum absolute atomic E-state index is 10.8. The molecular weight excluding hydrogens is 210 g/mol. The Hall–Kier alpha value is -0.970. The first kappa shape index (κ1) is 15.5. The van der Waals surface area contributed by atoms with Crippen LogP contribution in [-0.4, -0.2) is 29.8 Å². The number of rotatable bonds is 5. The van der Waals surface area contributed by atoms with Gasteiger partial charge in [0, 0.05) is 0 Å². The summed E-state index contributed by atoms with van der Waals surface area (Å²) < 4.78 is 4.69.